The molecule has 1 aromatic heterocycles. The third kappa shape index (κ3) is 4.58. The molecule has 0 spiro atoms. The number of methoxy groups -OCH3 is 1. The van der Waals surface area contributed by atoms with Gasteiger partial charge >= 0.3 is 0 Å². The Labute approximate surface area is 165 Å². The number of furan rings is 1. The highest BCUT2D eigenvalue weighted by molar-refractivity contribution is 9.10. The molecule has 0 N–H and O–H groups in total. The summed E-state index contributed by atoms with van der Waals surface area (Å²) in [6.45, 7) is 0.0847. The van der Waals surface area contributed by atoms with E-state index in [1.165, 1.54) is 35.9 Å². The second-order valence-electron chi connectivity index (χ2n) is 5.77. The maximum atomic E-state index is 13.4. The lowest BCUT2D eigenvalue weighted by Gasteiger charge is -2.22. The molecule has 0 saturated carbocycles. The zero-order chi connectivity index (χ0) is 19.4. The average Bonchev–Trinajstić information content (AvgIpc) is 3.16. The number of rotatable bonds is 7. The molecule has 27 heavy (non-hydrogen) atoms. The molecule has 3 rings (SSSR count). The fourth-order valence-corrected chi connectivity index (χ4v) is 4.68. The second-order valence-corrected chi connectivity index (χ2v) is 8.60. The van der Waals surface area contributed by atoms with Gasteiger partial charge in [0, 0.05) is 11.0 Å². The van der Waals surface area contributed by atoms with Crippen LogP contribution in [-0.4, -0.2) is 19.8 Å². The van der Waals surface area contributed by atoms with Gasteiger partial charge in [-0.3, -0.25) is 0 Å². The smallest absolute Gasteiger partial charge is 0.247 e. The Kier molecular flexibility index (Phi) is 5.98. The van der Waals surface area contributed by atoms with Crippen molar-refractivity contribution >= 4 is 26.0 Å². The fraction of sp³-hybridized carbons (Fsp3) is 0.158. The van der Waals surface area contributed by atoms with Crippen LogP contribution >= 0.6 is 15.9 Å². The number of hydrogen-bond acceptors (Lipinski definition) is 4. The van der Waals surface area contributed by atoms with Crippen molar-refractivity contribution in [2.45, 2.75) is 18.0 Å². The summed E-state index contributed by atoms with van der Waals surface area (Å²) in [4.78, 5) is 0.0352. The van der Waals surface area contributed by atoms with Crippen LogP contribution < -0.4 is 4.74 Å². The molecule has 0 atom stereocenters. The van der Waals surface area contributed by atoms with Gasteiger partial charge in [-0.05, 0) is 48.0 Å². The third-order valence-electron chi connectivity index (χ3n) is 3.93. The first-order valence-electron chi connectivity index (χ1n) is 8.00. The maximum absolute atomic E-state index is 13.4. The molecule has 0 unspecified atom stereocenters. The Hall–Kier alpha value is -2.16. The van der Waals surface area contributed by atoms with Crippen molar-refractivity contribution in [2.75, 3.05) is 7.11 Å². The average molecular weight is 454 g/mol. The molecule has 0 radical (unpaired) electrons. The maximum Gasteiger partial charge on any atom is 0.247 e. The van der Waals surface area contributed by atoms with Gasteiger partial charge in [0.25, 0.3) is 0 Å². The minimum Gasteiger partial charge on any atom is -0.495 e. The monoisotopic (exact) mass is 453 g/mol. The number of ether oxygens (including phenoxy) is 1. The topological polar surface area (TPSA) is 59.8 Å². The molecule has 8 heteroatoms. The summed E-state index contributed by atoms with van der Waals surface area (Å²) in [5.41, 5.74) is 0.653. The van der Waals surface area contributed by atoms with Crippen LogP contribution in [0.5, 0.6) is 5.75 Å². The zero-order valence-electron chi connectivity index (χ0n) is 14.4. The molecule has 142 valence electrons. The summed E-state index contributed by atoms with van der Waals surface area (Å²) in [6.07, 6.45) is 1.48. The van der Waals surface area contributed by atoms with E-state index in [4.69, 9.17) is 9.15 Å². The van der Waals surface area contributed by atoms with E-state index in [9.17, 15) is 12.8 Å². The fourth-order valence-electron chi connectivity index (χ4n) is 2.59. The van der Waals surface area contributed by atoms with E-state index in [2.05, 4.69) is 15.9 Å². The standard InChI is InChI=1S/C19H17BrFNO4S/c1-25-18-9-6-15(20)11-19(18)27(23,24)22(13-17-3-2-10-26-17)12-14-4-7-16(21)8-5-14/h2-11H,12-13H2,1H3. The lowest BCUT2D eigenvalue weighted by molar-refractivity contribution is 0.353. The minimum absolute atomic E-state index is 0.0301. The molecule has 0 bridgehead atoms. The first kappa shape index (κ1) is 19.6. The Morgan fingerprint density at radius 2 is 1.85 bits per heavy atom. The molecule has 0 aliphatic rings. The molecular formula is C19H17BrFNO4S. The van der Waals surface area contributed by atoms with Gasteiger partial charge in [0.15, 0.2) is 0 Å². The first-order chi connectivity index (χ1) is 12.9. The minimum atomic E-state index is -3.93. The van der Waals surface area contributed by atoms with Crippen molar-refractivity contribution in [2.24, 2.45) is 0 Å². The molecule has 3 aromatic rings. The van der Waals surface area contributed by atoms with Gasteiger partial charge in [-0.2, -0.15) is 4.31 Å². The summed E-state index contributed by atoms with van der Waals surface area (Å²) in [5.74, 6) is 0.351. The van der Waals surface area contributed by atoms with E-state index in [0.717, 1.165) is 0 Å². The predicted molar refractivity (Wildman–Crippen MR) is 102 cm³/mol. The molecule has 0 amide bonds. The Morgan fingerprint density at radius 3 is 2.48 bits per heavy atom. The normalized spacial score (nSPS) is 11.7. The third-order valence-corrected chi connectivity index (χ3v) is 6.23. The van der Waals surface area contributed by atoms with E-state index >= 15 is 0 Å². The van der Waals surface area contributed by atoms with Gasteiger partial charge in [-0.25, -0.2) is 12.8 Å². The number of hydrogen-bond donors (Lipinski definition) is 0. The molecule has 2 aromatic carbocycles. The van der Waals surface area contributed by atoms with Crippen molar-refractivity contribution in [1.82, 2.24) is 4.31 Å². The van der Waals surface area contributed by atoms with Crippen LogP contribution in [0.2, 0.25) is 0 Å². The van der Waals surface area contributed by atoms with Crippen molar-refractivity contribution < 1.29 is 22.0 Å². The van der Waals surface area contributed by atoms with Gasteiger partial charge in [-0.15, -0.1) is 0 Å². The van der Waals surface area contributed by atoms with Gasteiger partial charge in [0.1, 0.15) is 22.2 Å². The number of halogens is 2. The Morgan fingerprint density at radius 1 is 1.11 bits per heavy atom. The Bertz CT molecular complexity index is 1000. The van der Waals surface area contributed by atoms with E-state index < -0.39 is 10.0 Å². The van der Waals surface area contributed by atoms with E-state index in [0.29, 0.717) is 15.8 Å². The molecule has 0 aliphatic heterocycles. The molecule has 0 aliphatic carbocycles. The second kappa shape index (κ2) is 8.24. The SMILES string of the molecule is COc1ccc(Br)cc1S(=O)(=O)N(Cc1ccc(F)cc1)Cc1ccco1. The lowest BCUT2D eigenvalue weighted by Crippen LogP contribution is -2.30. The lowest BCUT2D eigenvalue weighted by atomic mass is 10.2. The van der Waals surface area contributed by atoms with Crippen LogP contribution in [0.15, 0.2) is 74.6 Å². The quantitative estimate of drug-likeness (QED) is 0.525. The van der Waals surface area contributed by atoms with Gasteiger partial charge in [-0.1, -0.05) is 28.1 Å². The highest BCUT2D eigenvalue weighted by Gasteiger charge is 2.29. The van der Waals surface area contributed by atoms with Gasteiger partial charge in [0.2, 0.25) is 10.0 Å². The van der Waals surface area contributed by atoms with Crippen LogP contribution in [0, 0.1) is 5.82 Å². The predicted octanol–water partition coefficient (Wildman–Crippen LogP) is 4.58. The van der Waals surface area contributed by atoms with Crippen LogP contribution in [0.4, 0.5) is 4.39 Å². The number of benzene rings is 2. The van der Waals surface area contributed by atoms with Crippen LogP contribution in [0.1, 0.15) is 11.3 Å². The highest BCUT2D eigenvalue weighted by atomic mass is 79.9. The number of nitrogens with zero attached hydrogens (tertiary/aromatic N) is 1. The summed E-state index contributed by atoms with van der Waals surface area (Å²) >= 11 is 3.30. The van der Waals surface area contributed by atoms with Crippen LogP contribution in [0.3, 0.4) is 0 Å². The molecule has 5 nitrogen and oxygen atoms in total. The summed E-state index contributed by atoms with van der Waals surface area (Å²) in [5, 5.41) is 0. The van der Waals surface area contributed by atoms with Gasteiger partial charge in [0.05, 0.1) is 19.9 Å². The highest BCUT2D eigenvalue weighted by Crippen LogP contribution is 2.31. The molecular weight excluding hydrogens is 437 g/mol. The summed E-state index contributed by atoms with van der Waals surface area (Å²) < 4.78 is 52.4. The van der Waals surface area contributed by atoms with Crippen molar-refractivity contribution in [3.05, 3.63) is 82.5 Å². The zero-order valence-corrected chi connectivity index (χ0v) is 16.8. The van der Waals surface area contributed by atoms with Crippen LogP contribution in [-0.2, 0) is 23.1 Å². The molecule has 0 fully saturated rings. The molecule has 1 heterocycles. The first-order valence-corrected chi connectivity index (χ1v) is 10.2. The van der Waals surface area contributed by atoms with E-state index in [1.807, 2.05) is 0 Å². The van der Waals surface area contributed by atoms with Gasteiger partial charge < -0.3 is 9.15 Å². The summed E-state index contributed by atoms with van der Waals surface area (Å²) in [6, 6.07) is 13.9. The number of sulfonamides is 1. The van der Waals surface area contributed by atoms with Crippen molar-refractivity contribution in [3.63, 3.8) is 0 Å². The largest absolute Gasteiger partial charge is 0.495 e. The van der Waals surface area contributed by atoms with E-state index in [-0.39, 0.29) is 29.6 Å². The van der Waals surface area contributed by atoms with Crippen molar-refractivity contribution in [1.29, 1.82) is 0 Å². The Balaban J connectivity index is 2.02. The van der Waals surface area contributed by atoms with E-state index in [1.54, 1.807) is 36.4 Å². The van der Waals surface area contributed by atoms with Crippen LogP contribution in [0.25, 0.3) is 0 Å². The van der Waals surface area contributed by atoms with Crippen molar-refractivity contribution in [3.8, 4) is 5.75 Å². The molecule has 0 saturated heterocycles. The summed E-state index contributed by atoms with van der Waals surface area (Å²) in [7, 11) is -2.51.